The molecule has 0 fully saturated rings. The van der Waals surface area contributed by atoms with E-state index in [4.69, 9.17) is 11.6 Å². The normalized spacial score (nSPS) is 11.2. The molecule has 7 heteroatoms. The van der Waals surface area contributed by atoms with Gasteiger partial charge in [0.15, 0.2) is 0 Å². The number of fused-ring (bicyclic) bond motifs is 2. The van der Waals surface area contributed by atoms with Crippen LogP contribution in [0.1, 0.15) is 18.3 Å². The van der Waals surface area contributed by atoms with E-state index in [9.17, 15) is 9.59 Å². The number of carbonyl (C=O) groups is 1. The maximum absolute atomic E-state index is 12.9. The maximum atomic E-state index is 12.9. The Kier molecular flexibility index (Phi) is 4.88. The minimum absolute atomic E-state index is 0.0268. The van der Waals surface area contributed by atoms with Crippen molar-refractivity contribution < 1.29 is 4.79 Å². The Hall–Kier alpha value is -3.12. The fourth-order valence-electron chi connectivity index (χ4n) is 3.35. The number of hydrogen-bond acceptors (Lipinski definition) is 3. The lowest BCUT2D eigenvalue weighted by Gasteiger charge is -2.20. The van der Waals surface area contributed by atoms with Crippen molar-refractivity contribution in [3.63, 3.8) is 0 Å². The summed E-state index contributed by atoms with van der Waals surface area (Å²) in [5, 5.41) is 2.03. The Morgan fingerprint density at radius 2 is 2.00 bits per heavy atom. The van der Waals surface area contributed by atoms with Crippen LogP contribution in [-0.2, 0) is 17.8 Å². The molecule has 0 saturated carbocycles. The molecule has 28 heavy (non-hydrogen) atoms. The summed E-state index contributed by atoms with van der Waals surface area (Å²) in [6, 6.07) is 12.8. The van der Waals surface area contributed by atoms with Crippen LogP contribution in [0.5, 0.6) is 0 Å². The lowest BCUT2D eigenvalue weighted by Crippen LogP contribution is -2.33. The highest BCUT2D eigenvalue weighted by molar-refractivity contribution is 6.31. The molecule has 2 aromatic carbocycles. The molecule has 1 amide bonds. The van der Waals surface area contributed by atoms with Gasteiger partial charge in [-0.05, 0) is 36.8 Å². The molecule has 0 aliphatic heterocycles. The number of aromatic amines is 2. The number of nitrogens with zero attached hydrogens (tertiary/aromatic N) is 2. The summed E-state index contributed by atoms with van der Waals surface area (Å²) in [4.78, 5) is 37.3. The molecule has 6 nitrogen and oxygen atoms in total. The summed E-state index contributed by atoms with van der Waals surface area (Å²) in [6.07, 6.45) is 2.15. The van der Waals surface area contributed by atoms with Crippen molar-refractivity contribution in [3.05, 3.63) is 75.4 Å². The minimum Gasteiger partial charge on any atom is -0.361 e. The van der Waals surface area contributed by atoms with Gasteiger partial charge in [0.2, 0.25) is 5.91 Å². The number of carbonyl (C=O) groups excluding carboxylic acids is 1. The number of halogens is 1. The summed E-state index contributed by atoms with van der Waals surface area (Å²) in [7, 11) is 0. The van der Waals surface area contributed by atoms with Crippen LogP contribution in [0.15, 0.2) is 53.5 Å². The molecule has 142 valence electrons. The molecule has 0 saturated heterocycles. The smallest absolute Gasteiger partial charge is 0.258 e. The van der Waals surface area contributed by atoms with E-state index in [-0.39, 0.29) is 24.4 Å². The molecule has 2 N–H and O–H groups in total. The Balaban J connectivity index is 1.58. The Bertz CT molecular complexity index is 1230. The van der Waals surface area contributed by atoms with Crippen LogP contribution in [0, 0.1) is 0 Å². The van der Waals surface area contributed by atoms with Gasteiger partial charge in [-0.15, -0.1) is 0 Å². The van der Waals surface area contributed by atoms with Crippen LogP contribution >= 0.6 is 11.6 Å². The molecule has 0 bridgehead atoms. The quantitative estimate of drug-likeness (QED) is 0.542. The van der Waals surface area contributed by atoms with Gasteiger partial charge in [0.05, 0.1) is 23.9 Å². The van der Waals surface area contributed by atoms with Crippen molar-refractivity contribution in [2.24, 2.45) is 0 Å². The zero-order chi connectivity index (χ0) is 19.7. The fraction of sp³-hybridized carbons (Fsp3) is 0.190. The van der Waals surface area contributed by atoms with Crippen LogP contribution in [-0.4, -0.2) is 32.3 Å². The molecular weight excluding hydrogens is 376 g/mol. The molecule has 0 unspecified atom stereocenters. The van der Waals surface area contributed by atoms with Gasteiger partial charge in [-0.1, -0.05) is 29.8 Å². The number of aromatic nitrogens is 3. The van der Waals surface area contributed by atoms with Gasteiger partial charge in [-0.25, -0.2) is 4.98 Å². The van der Waals surface area contributed by atoms with E-state index in [1.54, 1.807) is 23.1 Å². The van der Waals surface area contributed by atoms with Crippen LogP contribution < -0.4 is 5.56 Å². The zero-order valence-corrected chi connectivity index (χ0v) is 16.1. The molecule has 0 aliphatic carbocycles. The van der Waals surface area contributed by atoms with Crippen LogP contribution in [0.25, 0.3) is 21.8 Å². The van der Waals surface area contributed by atoms with Crippen molar-refractivity contribution in [2.75, 3.05) is 6.54 Å². The summed E-state index contributed by atoms with van der Waals surface area (Å²) in [5.41, 5.74) is 2.24. The Morgan fingerprint density at radius 1 is 1.18 bits per heavy atom. The molecule has 0 spiro atoms. The summed E-state index contributed by atoms with van der Waals surface area (Å²) in [6.45, 7) is 2.65. The number of likely N-dealkylation sites (N-methyl/N-ethyl adjacent to an activating group) is 1. The van der Waals surface area contributed by atoms with Crippen molar-refractivity contribution >= 4 is 39.3 Å². The van der Waals surface area contributed by atoms with Crippen molar-refractivity contribution in [2.45, 2.75) is 19.9 Å². The maximum Gasteiger partial charge on any atom is 0.258 e. The predicted octanol–water partition coefficient (Wildman–Crippen LogP) is 3.65. The monoisotopic (exact) mass is 394 g/mol. The summed E-state index contributed by atoms with van der Waals surface area (Å²) >= 11 is 6.01. The number of rotatable bonds is 5. The van der Waals surface area contributed by atoms with Gasteiger partial charge >= 0.3 is 0 Å². The van der Waals surface area contributed by atoms with Crippen LogP contribution in [0.3, 0.4) is 0 Å². The molecule has 2 heterocycles. The summed E-state index contributed by atoms with van der Waals surface area (Å²) in [5.74, 6) is 0.412. The fourth-order valence-corrected chi connectivity index (χ4v) is 3.51. The van der Waals surface area contributed by atoms with Crippen molar-refractivity contribution in [1.82, 2.24) is 19.9 Å². The van der Waals surface area contributed by atoms with E-state index in [2.05, 4.69) is 15.0 Å². The van der Waals surface area contributed by atoms with E-state index in [0.29, 0.717) is 28.3 Å². The van der Waals surface area contributed by atoms with Gasteiger partial charge in [-0.2, -0.15) is 0 Å². The average Bonchev–Trinajstić information content (AvgIpc) is 3.08. The SMILES string of the molecule is CCN(Cc1nc2cc(Cl)ccc2c(=O)[nH]1)C(=O)Cc1c[nH]c2ccccc12. The molecular formula is C21H19ClN4O2. The van der Waals surface area contributed by atoms with Crippen LogP contribution in [0.2, 0.25) is 5.02 Å². The first-order valence-corrected chi connectivity index (χ1v) is 9.44. The van der Waals surface area contributed by atoms with Gasteiger partial charge in [-0.3, -0.25) is 9.59 Å². The number of amides is 1. The first kappa shape index (κ1) is 18.3. The Labute approximate surface area is 166 Å². The minimum atomic E-state index is -0.239. The highest BCUT2D eigenvalue weighted by Gasteiger charge is 2.17. The number of hydrogen-bond donors (Lipinski definition) is 2. The first-order valence-electron chi connectivity index (χ1n) is 9.06. The third kappa shape index (κ3) is 3.51. The highest BCUT2D eigenvalue weighted by atomic mass is 35.5. The van der Waals surface area contributed by atoms with E-state index in [1.165, 1.54) is 0 Å². The topological polar surface area (TPSA) is 81.8 Å². The second-order valence-electron chi connectivity index (χ2n) is 6.62. The third-order valence-electron chi connectivity index (χ3n) is 4.81. The van der Waals surface area contributed by atoms with E-state index in [1.807, 2.05) is 37.4 Å². The first-order chi connectivity index (χ1) is 13.5. The van der Waals surface area contributed by atoms with Gasteiger partial charge in [0.25, 0.3) is 5.56 Å². The number of para-hydroxylation sites is 1. The molecule has 4 rings (SSSR count). The number of nitrogens with one attached hydrogen (secondary N) is 2. The lowest BCUT2D eigenvalue weighted by molar-refractivity contribution is -0.130. The molecule has 0 aliphatic rings. The molecule has 0 radical (unpaired) electrons. The van der Waals surface area contributed by atoms with E-state index >= 15 is 0 Å². The second kappa shape index (κ2) is 7.48. The second-order valence-corrected chi connectivity index (χ2v) is 7.05. The molecule has 0 atom stereocenters. The average molecular weight is 395 g/mol. The molecule has 4 aromatic rings. The lowest BCUT2D eigenvalue weighted by atomic mass is 10.1. The number of benzene rings is 2. The highest BCUT2D eigenvalue weighted by Crippen LogP contribution is 2.19. The van der Waals surface area contributed by atoms with Crippen molar-refractivity contribution in [1.29, 1.82) is 0 Å². The van der Waals surface area contributed by atoms with Gasteiger partial charge in [0, 0.05) is 28.7 Å². The predicted molar refractivity (Wildman–Crippen MR) is 110 cm³/mol. The number of H-pyrrole nitrogens is 2. The van der Waals surface area contributed by atoms with Gasteiger partial charge < -0.3 is 14.9 Å². The van der Waals surface area contributed by atoms with E-state index in [0.717, 1.165) is 16.5 Å². The largest absolute Gasteiger partial charge is 0.361 e. The van der Waals surface area contributed by atoms with Gasteiger partial charge in [0.1, 0.15) is 5.82 Å². The standard InChI is InChI=1S/C21H19ClN4O2/c1-2-26(20(27)9-13-11-23-17-6-4-3-5-15(13)17)12-19-24-18-10-14(22)7-8-16(18)21(28)25-19/h3-8,10-11,23H,2,9,12H2,1H3,(H,24,25,28). The molecule has 2 aromatic heterocycles. The summed E-state index contributed by atoms with van der Waals surface area (Å²) < 4.78 is 0. The van der Waals surface area contributed by atoms with E-state index < -0.39 is 0 Å². The third-order valence-corrected chi connectivity index (χ3v) is 5.04. The Morgan fingerprint density at radius 3 is 2.82 bits per heavy atom. The van der Waals surface area contributed by atoms with Crippen LogP contribution in [0.4, 0.5) is 0 Å². The zero-order valence-electron chi connectivity index (χ0n) is 15.3. The van der Waals surface area contributed by atoms with Crippen molar-refractivity contribution in [3.8, 4) is 0 Å².